The van der Waals surface area contributed by atoms with Crippen LogP contribution in [0, 0.1) is 28.6 Å². The summed E-state index contributed by atoms with van der Waals surface area (Å²) in [6, 6.07) is 0. The van der Waals surface area contributed by atoms with Gasteiger partial charge in [-0.05, 0) is 83.0 Å². The molecule has 0 aromatic rings. The second-order valence-electron chi connectivity index (χ2n) is 13.0. The van der Waals surface area contributed by atoms with Crippen molar-refractivity contribution in [2.45, 2.75) is 155 Å². The Kier molecular flexibility index (Phi) is 11.5. The molecule has 0 saturated heterocycles. The number of hydrogen-bond acceptors (Lipinski definition) is 2. The highest BCUT2D eigenvalue weighted by molar-refractivity contribution is 8.93. The first kappa shape index (κ1) is 29.3. The Morgan fingerprint density at radius 3 is 1.55 bits per heavy atom. The van der Waals surface area contributed by atoms with Gasteiger partial charge in [-0.3, -0.25) is 4.79 Å². The Morgan fingerprint density at radius 2 is 1.15 bits per heavy atom. The Hall–Kier alpha value is 0.110. The van der Waals surface area contributed by atoms with E-state index in [9.17, 15) is 4.79 Å². The molecular weight excluding hydrogens is 470 g/mol. The van der Waals surface area contributed by atoms with E-state index in [2.05, 4.69) is 27.7 Å². The molecule has 0 aromatic heterocycles. The zero-order valence-electron chi connectivity index (χ0n) is 22.6. The van der Waals surface area contributed by atoms with Crippen molar-refractivity contribution in [3.63, 3.8) is 0 Å². The van der Waals surface area contributed by atoms with Crippen molar-refractivity contribution in [3.05, 3.63) is 0 Å². The van der Waals surface area contributed by atoms with Crippen molar-refractivity contribution < 1.29 is 4.79 Å². The largest absolute Gasteiger partial charge is 0.325 e. The third-order valence-corrected chi connectivity index (χ3v) is 9.82. The van der Waals surface area contributed by atoms with Gasteiger partial charge in [-0.25, -0.2) is 0 Å². The van der Waals surface area contributed by atoms with Gasteiger partial charge in [-0.2, -0.15) is 0 Å². The molecule has 4 rings (SSSR count). The second-order valence-corrected chi connectivity index (χ2v) is 13.0. The van der Waals surface area contributed by atoms with Gasteiger partial charge < -0.3 is 5.73 Å². The number of rotatable bonds is 16. The molecule has 0 radical (unpaired) electrons. The summed E-state index contributed by atoms with van der Waals surface area (Å²) in [7, 11) is 0. The number of ketones is 1. The summed E-state index contributed by atoms with van der Waals surface area (Å²) < 4.78 is 0. The first-order chi connectivity index (χ1) is 15.3. The number of hydrogen-bond donors (Lipinski definition) is 1. The number of carbonyl (C=O) groups is 1. The molecule has 33 heavy (non-hydrogen) atoms. The van der Waals surface area contributed by atoms with Crippen LogP contribution in [-0.4, -0.2) is 11.3 Å². The lowest BCUT2D eigenvalue weighted by atomic mass is 9.44. The average Bonchev–Trinajstić information content (AvgIpc) is 2.72. The summed E-state index contributed by atoms with van der Waals surface area (Å²) in [5.41, 5.74) is 6.14. The topological polar surface area (TPSA) is 43.1 Å². The molecule has 2 nitrogen and oxygen atoms in total. The molecule has 4 aliphatic rings. The molecule has 0 aromatic carbocycles. The van der Waals surface area contributed by atoms with Gasteiger partial charge in [-0.1, -0.05) is 84.5 Å². The van der Waals surface area contributed by atoms with E-state index < -0.39 is 5.54 Å². The van der Waals surface area contributed by atoms with Gasteiger partial charge in [0.15, 0.2) is 0 Å². The van der Waals surface area contributed by atoms with Crippen LogP contribution in [0.3, 0.4) is 0 Å². The third-order valence-electron chi connectivity index (χ3n) is 9.82. The molecule has 3 heteroatoms. The van der Waals surface area contributed by atoms with Crippen molar-refractivity contribution in [1.29, 1.82) is 0 Å². The number of nitrogens with two attached hydrogens (primary N) is 1. The standard InChI is InChI=1S/C30H55NO.BrH/c1-5-7-8-9-10-11-12-13-14-15-17-30(16-6-2,28(3,4)31)27(32)29-21-24-18-25(22-29)20-26(19-24)23-29;/h24-26H,5-23,31H2,1-4H3;1H. The van der Waals surface area contributed by atoms with E-state index in [4.69, 9.17) is 5.73 Å². The molecular formula is C30H56BrNO. The maximum atomic E-state index is 14.6. The maximum absolute atomic E-state index is 14.6. The fraction of sp³-hybridized carbons (Fsp3) is 0.967. The van der Waals surface area contributed by atoms with Crippen LogP contribution in [0.25, 0.3) is 0 Å². The maximum Gasteiger partial charge on any atom is 0.146 e. The van der Waals surface area contributed by atoms with Gasteiger partial charge in [0.05, 0.1) is 0 Å². The normalized spacial score (nSPS) is 30.2. The smallest absolute Gasteiger partial charge is 0.146 e. The number of halogens is 1. The summed E-state index contributed by atoms with van der Waals surface area (Å²) >= 11 is 0. The molecule has 1 unspecified atom stereocenters. The molecule has 4 fully saturated rings. The molecule has 0 aliphatic heterocycles. The van der Waals surface area contributed by atoms with Gasteiger partial charge in [0, 0.05) is 16.4 Å². The van der Waals surface area contributed by atoms with Crippen LogP contribution in [-0.2, 0) is 4.79 Å². The van der Waals surface area contributed by atoms with Crippen molar-refractivity contribution in [1.82, 2.24) is 0 Å². The molecule has 1 atom stereocenters. The van der Waals surface area contributed by atoms with Gasteiger partial charge in [-0.15, -0.1) is 17.0 Å². The van der Waals surface area contributed by atoms with Gasteiger partial charge in [0.2, 0.25) is 0 Å². The van der Waals surface area contributed by atoms with Crippen LogP contribution in [0.1, 0.15) is 150 Å². The van der Waals surface area contributed by atoms with Crippen LogP contribution >= 0.6 is 17.0 Å². The molecule has 0 spiro atoms. The predicted molar refractivity (Wildman–Crippen MR) is 148 cm³/mol. The van der Waals surface area contributed by atoms with Crippen LogP contribution in [0.15, 0.2) is 0 Å². The van der Waals surface area contributed by atoms with Crippen LogP contribution in [0.5, 0.6) is 0 Å². The van der Waals surface area contributed by atoms with Gasteiger partial charge in [0.25, 0.3) is 0 Å². The molecule has 4 aliphatic carbocycles. The van der Waals surface area contributed by atoms with Crippen molar-refractivity contribution in [2.75, 3.05) is 0 Å². The highest BCUT2D eigenvalue weighted by Gasteiger charge is 2.60. The molecule has 0 amide bonds. The van der Waals surface area contributed by atoms with Gasteiger partial charge >= 0.3 is 0 Å². The molecule has 194 valence electrons. The monoisotopic (exact) mass is 525 g/mol. The lowest BCUT2D eigenvalue weighted by molar-refractivity contribution is -0.160. The van der Waals surface area contributed by atoms with E-state index in [0.717, 1.165) is 37.0 Å². The molecule has 0 heterocycles. The Bertz CT molecular complexity index is 559. The minimum Gasteiger partial charge on any atom is -0.325 e. The summed E-state index contributed by atoms with van der Waals surface area (Å²) in [5.74, 6) is 3.07. The van der Waals surface area contributed by atoms with Crippen LogP contribution in [0.2, 0.25) is 0 Å². The van der Waals surface area contributed by atoms with E-state index in [0.29, 0.717) is 5.78 Å². The third kappa shape index (κ3) is 6.87. The Balaban J connectivity index is 0.00000385. The van der Waals surface area contributed by atoms with Crippen LogP contribution in [0.4, 0.5) is 0 Å². The summed E-state index contributed by atoms with van der Waals surface area (Å²) in [6.45, 7) is 8.87. The van der Waals surface area contributed by atoms with Crippen molar-refractivity contribution in [3.8, 4) is 0 Å². The SMILES string of the molecule is Br.CCCCCCCCCCCCC(CCC)(C(=O)C12CC3CC(CC(C3)C1)C2)C(C)(C)N. The fourth-order valence-corrected chi connectivity index (χ4v) is 8.53. The summed E-state index contributed by atoms with van der Waals surface area (Å²) in [4.78, 5) is 14.6. The molecule has 4 saturated carbocycles. The minimum atomic E-state index is -0.428. The number of unbranched alkanes of at least 4 members (excludes halogenated alkanes) is 9. The van der Waals surface area contributed by atoms with E-state index >= 15 is 0 Å². The zero-order valence-corrected chi connectivity index (χ0v) is 24.3. The first-order valence-electron chi connectivity index (χ1n) is 14.6. The highest BCUT2D eigenvalue weighted by atomic mass is 79.9. The number of Topliss-reactive ketones (excluding diaryl/α,β-unsaturated/α-hetero) is 1. The van der Waals surface area contributed by atoms with Crippen LogP contribution < -0.4 is 5.73 Å². The summed E-state index contributed by atoms with van der Waals surface area (Å²) in [5, 5.41) is 0. The second kappa shape index (κ2) is 12.9. The van der Waals surface area contributed by atoms with E-state index in [1.54, 1.807) is 0 Å². The quantitative estimate of drug-likeness (QED) is 0.204. The first-order valence-corrected chi connectivity index (χ1v) is 14.6. The Labute approximate surface area is 216 Å². The zero-order chi connectivity index (χ0) is 23.2. The molecule has 2 N–H and O–H groups in total. The predicted octanol–water partition coefficient (Wildman–Crippen LogP) is 9.18. The molecule has 4 bridgehead atoms. The summed E-state index contributed by atoms with van der Waals surface area (Å²) in [6.07, 6.45) is 24.3. The van der Waals surface area contributed by atoms with E-state index in [1.807, 2.05) is 0 Å². The lowest BCUT2D eigenvalue weighted by Gasteiger charge is -2.59. The van der Waals surface area contributed by atoms with Crippen molar-refractivity contribution in [2.24, 2.45) is 34.3 Å². The average molecular weight is 527 g/mol. The van der Waals surface area contributed by atoms with Crippen molar-refractivity contribution >= 4 is 22.8 Å². The van der Waals surface area contributed by atoms with Gasteiger partial charge in [0.1, 0.15) is 5.78 Å². The lowest BCUT2D eigenvalue weighted by Crippen LogP contribution is -2.62. The highest BCUT2D eigenvalue weighted by Crippen LogP contribution is 2.63. The fourth-order valence-electron chi connectivity index (χ4n) is 8.53. The van der Waals surface area contributed by atoms with E-state index in [-0.39, 0.29) is 27.8 Å². The minimum absolute atomic E-state index is 0. The van der Waals surface area contributed by atoms with E-state index in [1.165, 1.54) is 103 Å². The number of carbonyl (C=O) groups excluding carboxylic acids is 1. The Morgan fingerprint density at radius 1 is 0.727 bits per heavy atom.